The quantitative estimate of drug-likeness (QED) is 0.426. The molecule has 0 spiro atoms. The second-order valence-electron chi connectivity index (χ2n) is 6.81. The van der Waals surface area contributed by atoms with E-state index in [1.54, 1.807) is 26.2 Å². The number of ether oxygens (including phenoxy) is 2. The molecule has 1 aromatic carbocycles. The molecule has 7 heteroatoms. The van der Waals surface area contributed by atoms with Crippen molar-refractivity contribution in [1.82, 2.24) is 9.72 Å². The summed E-state index contributed by atoms with van der Waals surface area (Å²) in [7, 11) is 1.59. The van der Waals surface area contributed by atoms with Gasteiger partial charge in [0.1, 0.15) is 11.5 Å². The summed E-state index contributed by atoms with van der Waals surface area (Å²) in [6.45, 7) is 5.22. The summed E-state index contributed by atoms with van der Waals surface area (Å²) in [6, 6.07) is 11.1. The third-order valence-electron chi connectivity index (χ3n) is 4.73. The predicted octanol–water partition coefficient (Wildman–Crippen LogP) is 3.76. The van der Waals surface area contributed by atoms with Crippen LogP contribution in [0.15, 0.2) is 40.9 Å². The summed E-state index contributed by atoms with van der Waals surface area (Å²) < 4.78 is 17.4. The van der Waals surface area contributed by atoms with Crippen LogP contribution in [0.5, 0.6) is 5.75 Å². The Morgan fingerprint density at radius 1 is 1.14 bits per heavy atom. The number of ketones is 1. The van der Waals surface area contributed by atoms with Gasteiger partial charge in [-0.15, -0.1) is 0 Å². The van der Waals surface area contributed by atoms with Crippen molar-refractivity contribution >= 4 is 11.8 Å². The Kier molecular flexibility index (Phi) is 6.16. The highest BCUT2D eigenvalue weighted by Gasteiger charge is 2.19. The topological polar surface area (TPSA) is 83.6 Å². The molecule has 3 aromatic rings. The van der Waals surface area contributed by atoms with E-state index in [-0.39, 0.29) is 18.8 Å². The minimum atomic E-state index is -0.426. The fourth-order valence-corrected chi connectivity index (χ4v) is 3.30. The number of nitrogens with zero attached hydrogens (tertiary/aromatic N) is 2. The van der Waals surface area contributed by atoms with Crippen LogP contribution in [0.2, 0.25) is 0 Å². The normalized spacial score (nSPS) is 10.8. The summed E-state index contributed by atoms with van der Waals surface area (Å²) >= 11 is 0. The van der Waals surface area contributed by atoms with E-state index in [0.29, 0.717) is 23.6 Å². The lowest BCUT2D eigenvalue weighted by atomic mass is 10.1. The van der Waals surface area contributed by atoms with Gasteiger partial charge in [0.05, 0.1) is 7.11 Å². The van der Waals surface area contributed by atoms with Crippen LogP contribution in [0.4, 0.5) is 0 Å². The summed E-state index contributed by atoms with van der Waals surface area (Å²) in [5.41, 5.74) is 3.00. The van der Waals surface area contributed by atoms with E-state index in [9.17, 15) is 9.59 Å². The van der Waals surface area contributed by atoms with Crippen LogP contribution in [-0.4, -0.2) is 35.2 Å². The Hall–Kier alpha value is -3.35. The van der Waals surface area contributed by atoms with Gasteiger partial charge in [0.2, 0.25) is 5.78 Å². The number of methoxy groups -OCH3 is 1. The maximum absolute atomic E-state index is 12.6. The van der Waals surface area contributed by atoms with Gasteiger partial charge < -0.3 is 14.0 Å². The summed E-state index contributed by atoms with van der Waals surface area (Å²) in [5, 5.41) is 4.00. The molecule has 0 unspecified atom stereocenters. The molecule has 0 bridgehead atoms. The fourth-order valence-electron chi connectivity index (χ4n) is 3.30. The fraction of sp³-hybridized carbons (Fsp3) is 0.318. The number of hydrogen-bond acceptors (Lipinski definition) is 6. The van der Waals surface area contributed by atoms with Crippen LogP contribution in [-0.2, 0) is 16.0 Å². The number of carbonyl (C=O) groups excluding carboxylic acids is 2. The molecule has 2 aromatic heterocycles. The molecule has 0 aliphatic rings. The average Bonchev–Trinajstić information content (AvgIpc) is 3.26. The number of Topliss-reactive ketones (excluding diaryl/α,β-unsaturated/α-hetero) is 1. The maximum Gasteiger partial charge on any atom is 0.306 e. The first-order valence-corrected chi connectivity index (χ1v) is 9.34. The van der Waals surface area contributed by atoms with Crippen molar-refractivity contribution in [2.45, 2.75) is 33.6 Å². The molecule has 7 nitrogen and oxygen atoms in total. The van der Waals surface area contributed by atoms with Gasteiger partial charge in [-0.1, -0.05) is 23.4 Å². The zero-order valence-corrected chi connectivity index (χ0v) is 17.0. The van der Waals surface area contributed by atoms with Crippen molar-refractivity contribution in [2.75, 3.05) is 13.7 Å². The molecular formula is C22H24N2O5. The number of carbonyl (C=O) groups is 2. The van der Waals surface area contributed by atoms with E-state index in [1.807, 2.05) is 42.7 Å². The highest BCUT2D eigenvalue weighted by atomic mass is 16.5. The molecule has 2 heterocycles. The third-order valence-corrected chi connectivity index (χ3v) is 4.73. The van der Waals surface area contributed by atoms with E-state index < -0.39 is 5.97 Å². The van der Waals surface area contributed by atoms with Crippen molar-refractivity contribution in [2.24, 2.45) is 0 Å². The van der Waals surface area contributed by atoms with Gasteiger partial charge in [0, 0.05) is 29.4 Å². The Labute approximate surface area is 169 Å². The molecule has 0 saturated carbocycles. The zero-order chi connectivity index (χ0) is 21.0. The van der Waals surface area contributed by atoms with Gasteiger partial charge in [0.15, 0.2) is 12.4 Å². The zero-order valence-electron chi connectivity index (χ0n) is 17.0. The molecule has 152 valence electrons. The standard InChI is InChI=1S/C22H24N2O5/c1-14-11-18(16(3)24(14)21-12-15(2)29-23-21)19(25)13-28-22(26)10-9-17-7-5-6-8-20(17)27-4/h5-8,11-12H,9-10,13H2,1-4H3. The van der Waals surface area contributed by atoms with Crippen LogP contribution in [0.1, 0.15) is 39.5 Å². The van der Waals surface area contributed by atoms with Crippen LogP contribution in [0, 0.1) is 20.8 Å². The Morgan fingerprint density at radius 3 is 2.59 bits per heavy atom. The predicted molar refractivity (Wildman–Crippen MR) is 107 cm³/mol. The van der Waals surface area contributed by atoms with Crippen molar-refractivity contribution in [3.05, 3.63) is 64.7 Å². The molecule has 0 saturated heterocycles. The molecular weight excluding hydrogens is 372 g/mol. The molecule has 0 fully saturated rings. The Bertz CT molecular complexity index is 1030. The lowest BCUT2D eigenvalue weighted by molar-refractivity contribution is -0.142. The molecule has 0 aliphatic carbocycles. The van der Waals surface area contributed by atoms with Gasteiger partial charge in [-0.05, 0) is 44.9 Å². The van der Waals surface area contributed by atoms with Crippen LogP contribution in [0.3, 0.4) is 0 Å². The van der Waals surface area contributed by atoms with Crippen molar-refractivity contribution in [3.8, 4) is 11.6 Å². The lowest BCUT2D eigenvalue weighted by Crippen LogP contribution is -2.15. The van der Waals surface area contributed by atoms with Crippen molar-refractivity contribution in [1.29, 1.82) is 0 Å². The number of aromatic nitrogens is 2. The number of para-hydroxylation sites is 1. The number of benzene rings is 1. The van der Waals surface area contributed by atoms with E-state index in [2.05, 4.69) is 5.16 Å². The maximum atomic E-state index is 12.6. The van der Waals surface area contributed by atoms with Gasteiger partial charge in [-0.2, -0.15) is 0 Å². The van der Waals surface area contributed by atoms with E-state index >= 15 is 0 Å². The molecule has 0 radical (unpaired) electrons. The van der Waals surface area contributed by atoms with Gasteiger partial charge in [-0.25, -0.2) is 0 Å². The molecule has 0 N–H and O–H groups in total. The Balaban J connectivity index is 1.60. The van der Waals surface area contributed by atoms with Gasteiger partial charge >= 0.3 is 5.97 Å². The number of aryl methyl sites for hydroxylation is 3. The highest BCUT2D eigenvalue weighted by Crippen LogP contribution is 2.22. The molecule has 29 heavy (non-hydrogen) atoms. The minimum Gasteiger partial charge on any atom is -0.496 e. The van der Waals surface area contributed by atoms with E-state index in [4.69, 9.17) is 14.0 Å². The molecule has 0 amide bonds. The highest BCUT2D eigenvalue weighted by molar-refractivity contribution is 5.99. The number of esters is 1. The Morgan fingerprint density at radius 2 is 1.90 bits per heavy atom. The van der Waals surface area contributed by atoms with E-state index in [0.717, 1.165) is 22.7 Å². The van der Waals surface area contributed by atoms with Crippen LogP contribution < -0.4 is 4.74 Å². The van der Waals surface area contributed by atoms with Crippen LogP contribution in [0.25, 0.3) is 5.82 Å². The number of rotatable bonds is 8. The van der Waals surface area contributed by atoms with Gasteiger partial charge in [0.25, 0.3) is 0 Å². The monoisotopic (exact) mass is 396 g/mol. The second kappa shape index (κ2) is 8.77. The summed E-state index contributed by atoms with van der Waals surface area (Å²) in [4.78, 5) is 24.7. The smallest absolute Gasteiger partial charge is 0.306 e. The molecule has 0 aliphatic heterocycles. The van der Waals surface area contributed by atoms with Crippen molar-refractivity contribution in [3.63, 3.8) is 0 Å². The number of hydrogen-bond donors (Lipinski definition) is 0. The van der Waals surface area contributed by atoms with E-state index in [1.165, 1.54) is 0 Å². The van der Waals surface area contributed by atoms with Crippen LogP contribution >= 0.6 is 0 Å². The third kappa shape index (κ3) is 4.56. The summed E-state index contributed by atoms with van der Waals surface area (Å²) in [6.07, 6.45) is 0.655. The summed E-state index contributed by atoms with van der Waals surface area (Å²) in [5.74, 6) is 1.35. The molecule has 0 atom stereocenters. The first-order valence-electron chi connectivity index (χ1n) is 9.34. The average molecular weight is 396 g/mol. The first-order chi connectivity index (χ1) is 13.9. The lowest BCUT2D eigenvalue weighted by Gasteiger charge is -2.08. The SMILES string of the molecule is COc1ccccc1CCC(=O)OCC(=O)c1cc(C)n(-c2cc(C)on2)c1C. The van der Waals surface area contributed by atoms with Gasteiger partial charge in [-0.3, -0.25) is 14.2 Å². The second-order valence-corrected chi connectivity index (χ2v) is 6.81. The molecule has 3 rings (SSSR count). The van der Waals surface area contributed by atoms with Crippen molar-refractivity contribution < 1.29 is 23.6 Å². The minimum absolute atomic E-state index is 0.172. The first kappa shape index (κ1) is 20.4. The largest absolute Gasteiger partial charge is 0.496 e.